The lowest BCUT2D eigenvalue weighted by atomic mass is 9.97. The van der Waals surface area contributed by atoms with Crippen LogP contribution in [0.15, 0.2) is 24.4 Å². The Morgan fingerprint density at radius 1 is 1.47 bits per heavy atom. The van der Waals surface area contributed by atoms with Crippen molar-refractivity contribution in [1.82, 2.24) is 4.98 Å². The second-order valence-electron chi connectivity index (χ2n) is 4.13. The summed E-state index contributed by atoms with van der Waals surface area (Å²) in [6.07, 6.45) is 1.45. The van der Waals surface area contributed by atoms with E-state index in [-0.39, 0.29) is 23.1 Å². The molecular formula is C14H13F2NO2. The van der Waals surface area contributed by atoms with Crippen molar-refractivity contribution in [1.29, 1.82) is 0 Å². The van der Waals surface area contributed by atoms with Gasteiger partial charge in [-0.25, -0.2) is 8.78 Å². The zero-order valence-electron chi connectivity index (χ0n) is 10.6. The first-order chi connectivity index (χ1) is 9.06. The number of rotatable bonds is 3. The Morgan fingerprint density at radius 3 is 2.89 bits per heavy atom. The average Bonchev–Trinajstić information content (AvgIpc) is 2.38. The molecule has 0 N–H and O–H groups in total. The number of ether oxygens (including phenoxy) is 1. The van der Waals surface area contributed by atoms with Crippen molar-refractivity contribution in [3.8, 4) is 0 Å². The second-order valence-corrected chi connectivity index (χ2v) is 4.13. The number of carbonyl (C=O) groups is 1. The molecule has 1 heterocycles. The van der Waals surface area contributed by atoms with Crippen LogP contribution in [0, 0.1) is 11.6 Å². The maximum atomic E-state index is 14.3. The molecule has 1 atom stereocenters. The van der Waals surface area contributed by atoms with E-state index < -0.39 is 23.5 Å². The third kappa shape index (κ3) is 2.41. The summed E-state index contributed by atoms with van der Waals surface area (Å²) >= 11 is 0. The molecule has 0 fully saturated rings. The predicted molar refractivity (Wildman–Crippen MR) is 66.7 cm³/mol. The van der Waals surface area contributed by atoms with Gasteiger partial charge in [0.05, 0.1) is 18.0 Å². The van der Waals surface area contributed by atoms with Crippen LogP contribution in [0.5, 0.6) is 0 Å². The molecule has 0 radical (unpaired) electrons. The molecule has 0 amide bonds. The molecule has 0 aliphatic rings. The molecule has 2 aromatic rings. The van der Waals surface area contributed by atoms with Gasteiger partial charge < -0.3 is 4.74 Å². The molecule has 1 unspecified atom stereocenters. The summed E-state index contributed by atoms with van der Waals surface area (Å²) in [6.45, 7) is 3.23. The number of fused-ring (bicyclic) bond motifs is 1. The molecule has 19 heavy (non-hydrogen) atoms. The van der Waals surface area contributed by atoms with Gasteiger partial charge in [0.15, 0.2) is 0 Å². The molecule has 0 aliphatic heterocycles. The van der Waals surface area contributed by atoms with Crippen LogP contribution in [0.25, 0.3) is 10.9 Å². The lowest BCUT2D eigenvalue weighted by molar-refractivity contribution is -0.144. The van der Waals surface area contributed by atoms with Gasteiger partial charge in [0.25, 0.3) is 0 Å². The molecule has 100 valence electrons. The van der Waals surface area contributed by atoms with Crippen LogP contribution in [0.1, 0.15) is 25.3 Å². The minimum absolute atomic E-state index is 0.168. The molecule has 0 saturated carbocycles. The van der Waals surface area contributed by atoms with E-state index >= 15 is 0 Å². The topological polar surface area (TPSA) is 39.2 Å². The molecule has 2 rings (SSSR count). The maximum Gasteiger partial charge on any atom is 0.313 e. The number of benzene rings is 1. The fourth-order valence-corrected chi connectivity index (χ4v) is 1.95. The van der Waals surface area contributed by atoms with E-state index in [0.717, 1.165) is 6.07 Å². The van der Waals surface area contributed by atoms with E-state index in [1.54, 1.807) is 13.0 Å². The van der Waals surface area contributed by atoms with Gasteiger partial charge in [-0.2, -0.15) is 0 Å². The highest BCUT2D eigenvalue weighted by Gasteiger charge is 2.25. The number of hydrogen-bond acceptors (Lipinski definition) is 3. The van der Waals surface area contributed by atoms with Crippen LogP contribution in [0.3, 0.4) is 0 Å². The average molecular weight is 265 g/mol. The van der Waals surface area contributed by atoms with Gasteiger partial charge in [0.2, 0.25) is 0 Å². The van der Waals surface area contributed by atoms with Crippen LogP contribution in [-0.4, -0.2) is 17.6 Å². The van der Waals surface area contributed by atoms with Gasteiger partial charge in [-0.15, -0.1) is 0 Å². The highest BCUT2D eigenvalue weighted by molar-refractivity contribution is 5.84. The molecule has 5 heteroatoms. The summed E-state index contributed by atoms with van der Waals surface area (Å²) in [5, 5.41) is 0.190. The molecule has 3 nitrogen and oxygen atoms in total. The first-order valence-electron chi connectivity index (χ1n) is 5.95. The highest BCUT2D eigenvalue weighted by Crippen LogP contribution is 2.29. The summed E-state index contributed by atoms with van der Waals surface area (Å²) in [5.41, 5.74) is -0.0590. The quantitative estimate of drug-likeness (QED) is 0.800. The Hall–Kier alpha value is -2.04. The Morgan fingerprint density at radius 2 is 2.21 bits per heavy atom. The van der Waals surface area contributed by atoms with Crippen LogP contribution in [0.4, 0.5) is 8.78 Å². The smallest absolute Gasteiger partial charge is 0.313 e. The normalized spacial score (nSPS) is 12.4. The van der Waals surface area contributed by atoms with E-state index in [1.165, 1.54) is 19.2 Å². The first-order valence-corrected chi connectivity index (χ1v) is 5.95. The number of carbonyl (C=O) groups excluding carboxylic acids is 1. The number of hydrogen-bond donors (Lipinski definition) is 0. The lowest BCUT2D eigenvalue weighted by Gasteiger charge is -2.14. The van der Waals surface area contributed by atoms with Gasteiger partial charge in [0, 0.05) is 23.2 Å². The lowest BCUT2D eigenvalue weighted by Crippen LogP contribution is -2.16. The number of esters is 1. The Balaban J connectivity index is 2.57. The van der Waals surface area contributed by atoms with E-state index in [9.17, 15) is 13.6 Å². The molecular weight excluding hydrogens is 252 g/mol. The van der Waals surface area contributed by atoms with Crippen molar-refractivity contribution in [3.05, 3.63) is 41.6 Å². The van der Waals surface area contributed by atoms with Crippen LogP contribution < -0.4 is 0 Å². The third-order valence-electron chi connectivity index (χ3n) is 2.91. The number of pyridine rings is 1. The van der Waals surface area contributed by atoms with Crippen molar-refractivity contribution in [2.24, 2.45) is 0 Å². The van der Waals surface area contributed by atoms with Crippen molar-refractivity contribution >= 4 is 16.9 Å². The number of aromatic nitrogens is 1. The highest BCUT2D eigenvalue weighted by atomic mass is 19.1. The number of nitrogens with zero attached hydrogens (tertiary/aromatic N) is 1. The molecule has 0 saturated heterocycles. The Kier molecular flexibility index (Phi) is 3.74. The summed E-state index contributed by atoms with van der Waals surface area (Å²) in [5.74, 6) is -3.19. The van der Waals surface area contributed by atoms with Gasteiger partial charge in [-0.3, -0.25) is 9.78 Å². The van der Waals surface area contributed by atoms with Gasteiger partial charge in [-0.1, -0.05) is 0 Å². The van der Waals surface area contributed by atoms with Crippen LogP contribution in [-0.2, 0) is 9.53 Å². The number of halogens is 2. The zero-order chi connectivity index (χ0) is 14.0. The second kappa shape index (κ2) is 5.30. The summed E-state index contributed by atoms with van der Waals surface area (Å²) in [6, 6.07) is 4.18. The Labute approximate surface area is 109 Å². The van der Waals surface area contributed by atoms with Crippen molar-refractivity contribution in [2.75, 3.05) is 6.61 Å². The zero-order valence-corrected chi connectivity index (χ0v) is 10.6. The Bertz CT molecular complexity index is 628. The molecule has 0 bridgehead atoms. The first kappa shape index (κ1) is 13.4. The van der Waals surface area contributed by atoms with Crippen LogP contribution >= 0.6 is 0 Å². The monoisotopic (exact) mass is 265 g/mol. The van der Waals surface area contributed by atoms with Crippen molar-refractivity contribution < 1.29 is 18.3 Å². The van der Waals surface area contributed by atoms with E-state index in [4.69, 9.17) is 4.74 Å². The van der Waals surface area contributed by atoms with Gasteiger partial charge in [-0.05, 0) is 26.0 Å². The third-order valence-corrected chi connectivity index (χ3v) is 2.91. The van der Waals surface area contributed by atoms with Crippen molar-refractivity contribution in [2.45, 2.75) is 19.8 Å². The fourth-order valence-electron chi connectivity index (χ4n) is 1.95. The van der Waals surface area contributed by atoms with Crippen molar-refractivity contribution in [3.63, 3.8) is 0 Å². The minimum Gasteiger partial charge on any atom is -0.466 e. The van der Waals surface area contributed by atoms with Crippen LogP contribution in [0.2, 0.25) is 0 Å². The van der Waals surface area contributed by atoms with Gasteiger partial charge >= 0.3 is 5.97 Å². The van der Waals surface area contributed by atoms with E-state index in [2.05, 4.69) is 4.98 Å². The molecule has 0 spiro atoms. The molecule has 1 aromatic carbocycles. The summed E-state index contributed by atoms with van der Waals surface area (Å²) < 4.78 is 33.0. The maximum absolute atomic E-state index is 14.3. The summed E-state index contributed by atoms with van der Waals surface area (Å²) in [7, 11) is 0. The minimum atomic E-state index is -0.996. The summed E-state index contributed by atoms with van der Waals surface area (Å²) in [4.78, 5) is 15.5. The largest absolute Gasteiger partial charge is 0.466 e. The van der Waals surface area contributed by atoms with E-state index in [0.29, 0.717) is 0 Å². The van der Waals surface area contributed by atoms with Gasteiger partial charge in [0.1, 0.15) is 11.6 Å². The predicted octanol–water partition coefficient (Wildman–Crippen LogP) is 3.18. The fraction of sp³-hybridized carbons (Fsp3) is 0.286. The molecule has 0 aliphatic carbocycles. The standard InChI is InChI=1S/C14H13F2NO2/c1-3-19-14(18)8(2)12-10(15)7-11-9(13(12)16)5-4-6-17-11/h4-8H,3H2,1-2H3. The van der Waals surface area contributed by atoms with E-state index in [1.807, 2.05) is 0 Å². The molecule has 1 aromatic heterocycles. The SMILES string of the molecule is CCOC(=O)C(C)c1c(F)cc2ncccc2c1F.